The van der Waals surface area contributed by atoms with Gasteiger partial charge in [-0.15, -0.1) is 0 Å². The number of nitrogen functional groups attached to an aromatic ring is 1. The Morgan fingerprint density at radius 3 is 3.05 bits per heavy atom. The molecule has 2 aromatic heterocycles. The Bertz CT molecular complexity index is 693. The number of aromatic amines is 1. The van der Waals surface area contributed by atoms with E-state index in [0.29, 0.717) is 18.6 Å². The number of imidazole rings is 1. The Balaban J connectivity index is 2.09. The van der Waals surface area contributed by atoms with Crippen LogP contribution in [0.4, 0.5) is 5.95 Å². The molecule has 0 saturated heterocycles. The van der Waals surface area contributed by atoms with Crippen molar-refractivity contribution in [1.29, 1.82) is 0 Å². The van der Waals surface area contributed by atoms with Gasteiger partial charge in [-0.25, -0.2) is 4.98 Å². The number of nitrogens with two attached hydrogens (primary N) is 1. The van der Waals surface area contributed by atoms with Gasteiger partial charge in [0, 0.05) is 26.0 Å². The van der Waals surface area contributed by atoms with Gasteiger partial charge in [-0.05, 0) is 6.42 Å². The van der Waals surface area contributed by atoms with Crippen molar-refractivity contribution in [2.75, 3.05) is 18.9 Å². The fourth-order valence-corrected chi connectivity index (χ4v) is 1.92. The molecule has 0 aliphatic carbocycles. The third-order valence-electron chi connectivity index (χ3n) is 3.05. The molecule has 0 amide bonds. The number of ether oxygens (including phenoxy) is 1. The Morgan fingerprint density at radius 2 is 2.38 bits per heavy atom. The van der Waals surface area contributed by atoms with Crippen LogP contribution in [0, 0.1) is 5.92 Å². The lowest BCUT2D eigenvalue weighted by atomic mass is 10.1. The lowest BCUT2D eigenvalue weighted by Crippen LogP contribution is -2.18. The van der Waals surface area contributed by atoms with Gasteiger partial charge in [0.25, 0.3) is 5.56 Å². The topological polar surface area (TPSA) is 136 Å². The van der Waals surface area contributed by atoms with E-state index in [0.717, 1.165) is 0 Å². The molecule has 0 spiro atoms. The zero-order chi connectivity index (χ0) is 15.4. The lowest BCUT2D eigenvalue weighted by Gasteiger charge is -2.14. The molecule has 21 heavy (non-hydrogen) atoms. The quantitative estimate of drug-likeness (QED) is 0.597. The highest BCUT2D eigenvalue weighted by atomic mass is 16.5. The number of rotatable bonds is 6. The Labute approximate surface area is 119 Å². The monoisotopic (exact) mass is 295 g/mol. The number of hydrogen-bond acceptors (Lipinski definition) is 7. The largest absolute Gasteiger partial charge is 0.465 e. The normalized spacial score (nSPS) is 12.5. The summed E-state index contributed by atoms with van der Waals surface area (Å²) >= 11 is 0. The maximum atomic E-state index is 11.6. The number of nitrogens with one attached hydrogen (secondary N) is 1. The first-order valence-electron chi connectivity index (χ1n) is 6.46. The van der Waals surface area contributed by atoms with E-state index in [1.165, 1.54) is 13.3 Å². The smallest absolute Gasteiger partial charge is 0.302 e. The van der Waals surface area contributed by atoms with Crippen LogP contribution < -0.4 is 11.3 Å². The van der Waals surface area contributed by atoms with Crippen LogP contribution in [0.3, 0.4) is 0 Å². The van der Waals surface area contributed by atoms with Crippen LogP contribution in [0.2, 0.25) is 0 Å². The first kappa shape index (κ1) is 15.0. The Hall–Kier alpha value is -2.42. The molecule has 2 aromatic rings. The van der Waals surface area contributed by atoms with Crippen molar-refractivity contribution >= 4 is 23.1 Å². The molecule has 1 unspecified atom stereocenters. The number of hydrogen-bond donors (Lipinski definition) is 3. The van der Waals surface area contributed by atoms with Crippen molar-refractivity contribution in [3.63, 3.8) is 0 Å². The number of fused-ring (bicyclic) bond motifs is 1. The molecule has 0 aromatic carbocycles. The fourth-order valence-electron chi connectivity index (χ4n) is 1.92. The summed E-state index contributed by atoms with van der Waals surface area (Å²) in [6, 6.07) is 0. The third-order valence-corrected chi connectivity index (χ3v) is 3.05. The number of carbonyl (C=O) groups excluding carboxylic acids is 1. The number of H-pyrrole nitrogens is 1. The van der Waals surface area contributed by atoms with E-state index in [2.05, 4.69) is 15.0 Å². The minimum Gasteiger partial charge on any atom is -0.465 e. The molecule has 0 aliphatic rings. The van der Waals surface area contributed by atoms with E-state index in [-0.39, 0.29) is 36.6 Å². The van der Waals surface area contributed by atoms with E-state index < -0.39 is 5.56 Å². The van der Waals surface area contributed by atoms with E-state index in [1.807, 2.05) is 0 Å². The summed E-state index contributed by atoms with van der Waals surface area (Å²) in [7, 11) is 0. The second kappa shape index (κ2) is 6.35. The molecular weight excluding hydrogens is 278 g/mol. The average molecular weight is 295 g/mol. The second-order valence-corrected chi connectivity index (χ2v) is 4.70. The molecule has 2 heterocycles. The number of aliphatic hydroxyl groups is 1. The van der Waals surface area contributed by atoms with Gasteiger partial charge in [-0.3, -0.25) is 14.6 Å². The molecule has 0 fully saturated rings. The number of carbonyl (C=O) groups is 1. The summed E-state index contributed by atoms with van der Waals surface area (Å²) in [4.78, 5) is 32.8. The predicted molar refractivity (Wildman–Crippen MR) is 74.4 cm³/mol. The lowest BCUT2D eigenvalue weighted by molar-refractivity contribution is -0.142. The zero-order valence-corrected chi connectivity index (χ0v) is 11.6. The fraction of sp³-hybridized carbons (Fsp3) is 0.500. The molecule has 1 atom stereocenters. The molecule has 114 valence electrons. The minimum absolute atomic E-state index is 0.0212. The second-order valence-electron chi connectivity index (χ2n) is 4.70. The van der Waals surface area contributed by atoms with Gasteiger partial charge in [0.2, 0.25) is 5.95 Å². The summed E-state index contributed by atoms with van der Waals surface area (Å²) in [5.41, 5.74) is 5.72. The highest BCUT2D eigenvalue weighted by Crippen LogP contribution is 2.11. The van der Waals surface area contributed by atoms with Gasteiger partial charge < -0.3 is 20.1 Å². The molecule has 4 N–H and O–H groups in total. The van der Waals surface area contributed by atoms with E-state index >= 15 is 0 Å². The van der Waals surface area contributed by atoms with Crippen molar-refractivity contribution in [2.24, 2.45) is 5.92 Å². The molecule has 0 radical (unpaired) electrons. The van der Waals surface area contributed by atoms with Crippen molar-refractivity contribution in [1.82, 2.24) is 19.5 Å². The van der Waals surface area contributed by atoms with Gasteiger partial charge in [0.1, 0.15) is 0 Å². The van der Waals surface area contributed by atoms with Crippen LogP contribution in [0.5, 0.6) is 0 Å². The maximum absolute atomic E-state index is 11.6. The van der Waals surface area contributed by atoms with Gasteiger partial charge in [0.05, 0.1) is 12.9 Å². The SMILES string of the molecule is CC(=O)OCC(CO)CCn1cnc2c(=O)[nH]c(N)nc21. The average Bonchev–Trinajstić information content (AvgIpc) is 2.82. The number of aryl methyl sites for hydroxylation is 1. The number of esters is 1. The Kier molecular flexibility index (Phi) is 4.53. The van der Waals surface area contributed by atoms with E-state index in [4.69, 9.17) is 10.5 Å². The van der Waals surface area contributed by atoms with Crippen molar-refractivity contribution < 1.29 is 14.6 Å². The van der Waals surface area contributed by atoms with Crippen LogP contribution in [-0.4, -0.2) is 43.8 Å². The van der Waals surface area contributed by atoms with Crippen LogP contribution in [0.25, 0.3) is 11.2 Å². The molecule has 9 nitrogen and oxygen atoms in total. The van der Waals surface area contributed by atoms with Gasteiger partial charge >= 0.3 is 5.97 Å². The molecule has 0 aliphatic heterocycles. The molecule has 0 bridgehead atoms. The van der Waals surface area contributed by atoms with Gasteiger partial charge in [-0.2, -0.15) is 4.98 Å². The van der Waals surface area contributed by atoms with Crippen LogP contribution in [0.15, 0.2) is 11.1 Å². The Morgan fingerprint density at radius 1 is 1.62 bits per heavy atom. The summed E-state index contributed by atoms with van der Waals surface area (Å²) in [5.74, 6) is -0.555. The van der Waals surface area contributed by atoms with Crippen molar-refractivity contribution in [3.8, 4) is 0 Å². The van der Waals surface area contributed by atoms with E-state index in [1.54, 1.807) is 4.57 Å². The maximum Gasteiger partial charge on any atom is 0.302 e. The predicted octanol–water partition coefficient (Wildman–Crippen LogP) is -0.736. The molecule has 2 rings (SSSR count). The summed E-state index contributed by atoms with van der Waals surface area (Å²) in [6.07, 6.45) is 2.04. The first-order chi connectivity index (χ1) is 10.0. The van der Waals surface area contributed by atoms with Crippen LogP contribution in [0.1, 0.15) is 13.3 Å². The van der Waals surface area contributed by atoms with Gasteiger partial charge in [-0.1, -0.05) is 0 Å². The summed E-state index contributed by atoms with van der Waals surface area (Å²) in [6.45, 7) is 1.83. The van der Waals surface area contributed by atoms with Crippen molar-refractivity contribution in [2.45, 2.75) is 19.9 Å². The highest BCUT2D eigenvalue weighted by molar-refractivity contribution is 5.70. The first-order valence-corrected chi connectivity index (χ1v) is 6.46. The number of aliphatic hydroxyl groups excluding tert-OH is 1. The number of nitrogens with zero attached hydrogens (tertiary/aromatic N) is 3. The zero-order valence-electron chi connectivity index (χ0n) is 11.6. The summed E-state index contributed by atoms with van der Waals surface area (Å²) < 4.78 is 6.55. The number of aromatic nitrogens is 4. The molecule has 9 heteroatoms. The van der Waals surface area contributed by atoms with Crippen LogP contribution >= 0.6 is 0 Å². The summed E-state index contributed by atoms with van der Waals surface area (Å²) in [5, 5.41) is 9.26. The van der Waals surface area contributed by atoms with E-state index in [9.17, 15) is 14.7 Å². The standard InChI is InChI=1S/C12H17N5O4/c1-7(19)21-5-8(4-18)2-3-17-6-14-9-10(17)15-12(13)16-11(9)20/h6,8,18H,2-5H2,1H3,(H3,13,15,16,20). The molecule has 0 saturated carbocycles. The molecular formula is C12H17N5O4. The third kappa shape index (κ3) is 3.57. The number of anilines is 1. The van der Waals surface area contributed by atoms with Crippen LogP contribution in [-0.2, 0) is 16.1 Å². The van der Waals surface area contributed by atoms with Crippen molar-refractivity contribution in [3.05, 3.63) is 16.7 Å². The highest BCUT2D eigenvalue weighted by Gasteiger charge is 2.13. The minimum atomic E-state index is -0.394. The van der Waals surface area contributed by atoms with Gasteiger partial charge in [0.15, 0.2) is 11.2 Å².